The number of fused-ring (bicyclic) bond motifs is 1. The minimum atomic E-state index is -0.448. The second kappa shape index (κ2) is 6.40. The Bertz CT molecular complexity index is 883. The van der Waals surface area contributed by atoms with E-state index in [9.17, 15) is 9.59 Å². The number of thiophene rings is 1. The second-order valence-electron chi connectivity index (χ2n) is 7.32. The number of nitrogens with one attached hydrogen (secondary N) is 1. The Balaban J connectivity index is 1.47. The molecule has 2 fully saturated rings. The third-order valence-electron chi connectivity index (χ3n) is 5.40. The molecular weight excluding hydrogens is 346 g/mol. The quantitative estimate of drug-likeness (QED) is 0.645. The van der Waals surface area contributed by atoms with Crippen molar-refractivity contribution in [1.29, 1.82) is 0 Å². The molecule has 1 aliphatic heterocycles. The number of carbonyl (C=O) groups excluding carboxylic acids is 2. The molecule has 1 amide bonds. The first-order valence-corrected chi connectivity index (χ1v) is 9.58. The Hall–Kier alpha value is -2.40. The van der Waals surface area contributed by atoms with Crippen LogP contribution in [0.1, 0.15) is 33.0 Å². The summed E-state index contributed by atoms with van der Waals surface area (Å²) in [6.45, 7) is 6.57. The van der Waals surface area contributed by atoms with Crippen LogP contribution in [0.25, 0.3) is 0 Å². The fourth-order valence-electron chi connectivity index (χ4n) is 4.08. The van der Waals surface area contributed by atoms with Gasteiger partial charge in [-0.1, -0.05) is 24.3 Å². The molecule has 1 aromatic carbocycles. The smallest absolute Gasteiger partial charge is 0.313 e. The third kappa shape index (κ3) is 2.97. The monoisotopic (exact) mass is 367 g/mol. The lowest BCUT2D eigenvalue weighted by Crippen LogP contribution is -2.31. The van der Waals surface area contributed by atoms with E-state index in [1.165, 1.54) is 11.3 Å². The van der Waals surface area contributed by atoms with Crippen molar-refractivity contribution in [2.24, 2.45) is 11.3 Å². The Morgan fingerprint density at radius 3 is 2.77 bits per heavy atom. The van der Waals surface area contributed by atoms with Crippen molar-refractivity contribution in [3.05, 3.63) is 63.9 Å². The molecule has 1 saturated heterocycles. The van der Waals surface area contributed by atoms with Crippen molar-refractivity contribution in [1.82, 2.24) is 0 Å². The molecule has 2 unspecified atom stereocenters. The summed E-state index contributed by atoms with van der Waals surface area (Å²) < 4.78 is 5.34. The van der Waals surface area contributed by atoms with E-state index in [1.807, 2.05) is 43.3 Å². The molecule has 1 N–H and O–H groups in total. The maximum atomic E-state index is 12.4. The first-order valence-electron chi connectivity index (χ1n) is 8.77. The van der Waals surface area contributed by atoms with E-state index >= 15 is 0 Å². The Morgan fingerprint density at radius 2 is 2.08 bits per heavy atom. The summed E-state index contributed by atoms with van der Waals surface area (Å²) in [6.07, 6.45) is 2.25. The standard InChI is InChI=1S/C21H21NO3S/c1-13-9-16-12-25-20(24)21(16,10-13)11-15-4-6-17(7-5-15)22-19(23)18-8-3-14(2)26-18/h3-8,16H,1,9-12H2,2H3,(H,22,23). The van der Waals surface area contributed by atoms with Gasteiger partial charge in [0.05, 0.1) is 16.9 Å². The number of cyclic esters (lactones) is 1. The maximum Gasteiger partial charge on any atom is 0.313 e. The van der Waals surface area contributed by atoms with Crippen LogP contribution in [-0.2, 0) is 16.0 Å². The molecule has 1 saturated carbocycles. The third-order valence-corrected chi connectivity index (χ3v) is 6.40. The lowest BCUT2D eigenvalue weighted by molar-refractivity contribution is -0.146. The number of anilines is 1. The summed E-state index contributed by atoms with van der Waals surface area (Å²) in [5.74, 6) is 0.0523. The van der Waals surface area contributed by atoms with Crippen LogP contribution in [0, 0.1) is 18.3 Å². The van der Waals surface area contributed by atoms with Gasteiger partial charge in [-0.2, -0.15) is 0 Å². The molecule has 26 heavy (non-hydrogen) atoms. The second-order valence-corrected chi connectivity index (χ2v) is 8.61. The number of hydrogen-bond acceptors (Lipinski definition) is 4. The molecule has 0 radical (unpaired) electrons. The highest BCUT2D eigenvalue weighted by molar-refractivity contribution is 7.14. The number of rotatable bonds is 4. The van der Waals surface area contributed by atoms with E-state index in [2.05, 4.69) is 11.9 Å². The van der Waals surface area contributed by atoms with Crippen LogP contribution in [0.15, 0.2) is 48.6 Å². The summed E-state index contributed by atoms with van der Waals surface area (Å²) >= 11 is 1.48. The van der Waals surface area contributed by atoms with Gasteiger partial charge in [-0.05, 0) is 56.0 Å². The van der Waals surface area contributed by atoms with Gasteiger partial charge in [0.1, 0.15) is 0 Å². The van der Waals surface area contributed by atoms with Crippen molar-refractivity contribution in [2.75, 3.05) is 11.9 Å². The van der Waals surface area contributed by atoms with Crippen molar-refractivity contribution >= 4 is 28.9 Å². The first-order chi connectivity index (χ1) is 12.5. The Labute approximate surface area is 156 Å². The van der Waals surface area contributed by atoms with Crippen LogP contribution in [0.3, 0.4) is 0 Å². The molecular formula is C21H21NO3S. The number of hydrogen-bond donors (Lipinski definition) is 1. The van der Waals surface area contributed by atoms with E-state index in [0.717, 1.165) is 28.1 Å². The van der Waals surface area contributed by atoms with Gasteiger partial charge < -0.3 is 10.1 Å². The highest BCUT2D eigenvalue weighted by atomic mass is 32.1. The summed E-state index contributed by atoms with van der Waals surface area (Å²) in [5.41, 5.74) is 2.52. The number of aryl methyl sites for hydroxylation is 1. The SMILES string of the molecule is C=C1CC2COC(=O)C2(Cc2ccc(NC(=O)c3ccc(C)s3)cc2)C1. The molecule has 0 spiro atoms. The van der Waals surface area contributed by atoms with E-state index in [-0.39, 0.29) is 17.8 Å². The van der Waals surface area contributed by atoms with Gasteiger partial charge in [-0.15, -0.1) is 11.3 Å². The van der Waals surface area contributed by atoms with Crippen molar-refractivity contribution in [2.45, 2.75) is 26.2 Å². The topological polar surface area (TPSA) is 55.4 Å². The van der Waals surface area contributed by atoms with Crippen LogP contribution < -0.4 is 5.32 Å². The molecule has 2 aliphatic rings. The number of carbonyl (C=O) groups is 2. The molecule has 2 aromatic rings. The van der Waals surface area contributed by atoms with Gasteiger partial charge in [-0.3, -0.25) is 9.59 Å². The number of benzene rings is 1. The zero-order chi connectivity index (χ0) is 18.3. The summed E-state index contributed by atoms with van der Waals surface area (Å²) in [4.78, 5) is 26.4. The highest BCUT2D eigenvalue weighted by Crippen LogP contribution is 2.52. The minimum absolute atomic E-state index is 0.0911. The molecule has 4 rings (SSSR count). The van der Waals surface area contributed by atoms with Crippen LogP contribution in [0.5, 0.6) is 0 Å². The number of esters is 1. The van der Waals surface area contributed by atoms with Gasteiger partial charge in [0.15, 0.2) is 0 Å². The van der Waals surface area contributed by atoms with Crippen molar-refractivity contribution in [3.8, 4) is 0 Å². The zero-order valence-corrected chi connectivity index (χ0v) is 15.5. The summed E-state index contributed by atoms with van der Waals surface area (Å²) in [7, 11) is 0. The molecule has 1 aromatic heterocycles. The highest BCUT2D eigenvalue weighted by Gasteiger charge is 2.55. The number of amides is 1. The largest absolute Gasteiger partial charge is 0.465 e. The Morgan fingerprint density at radius 1 is 1.31 bits per heavy atom. The van der Waals surface area contributed by atoms with E-state index in [0.29, 0.717) is 24.3 Å². The lowest BCUT2D eigenvalue weighted by atomic mass is 9.75. The predicted octanol–water partition coefficient (Wildman–Crippen LogP) is 4.36. The van der Waals surface area contributed by atoms with Gasteiger partial charge in [0.2, 0.25) is 0 Å². The van der Waals surface area contributed by atoms with E-state index in [4.69, 9.17) is 4.74 Å². The number of ether oxygens (including phenoxy) is 1. The maximum absolute atomic E-state index is 12.4. The lowest BCUT2D eigenvalue weighted by Gasteiger charge is -2.24. The van der Waals surface area contributed by atoms with Crippen LogP contribution in [-0.4, -0.2) is 18.5 Å². The van der Waals surface area contributed by atoms with Gasteiger partial charge >= 0.3 is 5.97 Å². The normalized spacial score (nSPS) is 24.4. The summed E-state index contributed by atoms with van der Waals surface area (Å²) in [5, 5.41) is 2.92. The molecule has 134 valence electrons. The molecule has 4 nitrogen and oxygen atoms in total. The molecule has 1 aliphatic carbocycles. The van der Waals surface area contributed by atoms with Gasteiger partial charge in [-0.25, -0.2) is 0 Å². The van der Waals surface area contributed by atoms with Crippen LogP contribution in [0.2, 0.25) is 0 Å². The molecule has 2 atom stereocenters. The first kappa shape index (κ1) is 17.0. The fourth-order valence-corrected chi connectivity index (χ4v) is 4.84. The van der Waals surface area contributed by atoms with Gasteiger partial charge in [0, 0.05) is 16.5 Å². The fraction of sp³-hybridized carbons (Fsp3) is 0.333. The van der Waals surface area contributed by atoms with Gasteiger partial charge in [0.25, 0.3) is 5.91 Å². The van der Waals surface area contributed by atoms with E-state index in [1.54, 1.807) is 0 Å². The summed E-state index contributed by atoms with van der Waals surface area (Å²) in [6, 6.07) is 11.5. The molecule has 0 bridgehead atoms. The predicted molar refractivity (Wildman–Crippen MR) is 102 cm³/mol. The average molecular weight is 367 g/mol. The van der Waals surface area contributed by atoms with Crippen molar-refractivity contribution < 1.29 is 14.3 Å². The van der Waals surface area contributed by atoms with Crippen molar-refractivity contribution in [3.63, 3.8) is 0 Å². The zero-order valence-electron chi connectivity index (χ0n) is 14.7. The Kier molecular flexibility index (Phi) is 4.19. The van der Waals surface area contributed by atoms with Crippen LogP contribution in [0.4, 0.5) is 5.69 Å². The number of allylic oxidation sites excluding steroid dienone is 1. The minimum Gasteiger partial charge on any atom is -0.465 e. The van der Waals surface area contributed by atoms with E-state index < -0.39 is 5.41 Å². The molecule has 5 heteroatoms. The average Bonchev–Trinajstić information content (AvgIpc) is 3.25. The molecule has 2 heterocycles. The van der Waals surface area contributed by atoms with Crippen LogP contribution >= 0.6 is 11.3 Å².